The number of nitrogens with zero attached hydrogens (tertiary/aromatic N) is 3. The Kier molecular flexibility index (Phi) is 5.95. The molecule has 7 nitrogen and oxygen atoms in total. The third-order valence-corrected chi connectivity index (χ3v) is 8.66. The Bertz CT molecular complexity index is 1460. The highest BCUT2D eigenvalue weighted by Crippen LogP contribution is 2.33. The molecule has 1 atom stereocenters. The molecule has 5 rings (SSSR count). The van der Waals surface area contributed by atoms with Gasteiger partial charge < -0.3 is 5.32 Å². The second kappa shape index (κ2) is 8.92. The lowest BCUT2D eigenvalue weighted by Gasteiger charge is -2.12. The van der Waals surface area contributed by atoms with Gasteiger partial charge in [-0.05, 0) is 55.0 Å². The number of pyridine rings is 1. The summed E-state index contributed by atoms with van der Waals surface area (Å²) < 4.78 is 39.0. The SMILES string of the molecule is Cc1nn(C2CCS(=O)(=O)C2)c2nc(-c3cccs3)cc(C(=O)NCCc3ccc(F)cc3)c12. The third-order valence-electron chi connectivity index (χ3n) is 6.02. The maximum Gasteiger partial charge on any atom is 0.252 e. The van der Waals surface area contributed by atoms with Gasteiger partial charge in [-0.1, -0.05) is 18.2 Å². The quantitative estimate of drug-likeness (QED) is 0.435. The zero-order valence-corrected chi connectivity index (χ0v) is 20.1. The maximum absolute atomic E-state index is 13.3. The molecule has 10 heteroatoms. The summed E-state index contributed by atoms with van der Waals surface area (Å²) in [7, 11) is -3.11. The number of hydrogen-bond acceptors (Lipinski definition) is 6. The van der Waals surface area contributed by atoms with Crippen molar-refractivity contribution in [3.8, 4) is 10.6 Å². The number of carbonyl (C=O) groups is 1. The van der Waals surface area contributed by atoms with E-state index in [1.165, 1.54) is 23.5 Å². The first-order valence-electron chi connectivity index (χ1n) is 11.0. The summed E-state index contributed by atoms with van der Waals surface area (Å²) in [6.45, 7) is 2.20. The van der Waals surface area contributed by atoms with Crippen molar-refractivity contribution >= 4 is 38.1 Å². The normalized spacial score (nSPS) is 17.3. The van der Waals surface area contributed by atoms with E-state index in [1.54, 1.807) is 22.9 Å². The van der Waals surface area contributed by atoms with Gasteiger partial charge >= 0.3 is 0 Å². The van der Waals surface area contributed by atoms with E-state index in [1.807, 2.05) is 24.4 Å². The van der Waals surface area contributed by atoms with Crippen LogP contribution in [0.2, 0.25) is 0 Å². The van der Waals surface area contributed by atoms with Crippen LogP contribution in [0.1, 0.15) is 34.1 Å². The van der Waals surface area contributed by atoms with Crippen LogP contribution < -0.4 is 5.32 Å². The molecule has 176 valence electrons. The minimum Gasteiger partial charge on any atom is -0.352 e. The fourth-order valence-electron chi connectivity index (χ4n) is 4.33. The first-order chi connectivity index (χ1) is 16.3. The monoisotopic (exact) mass is 498 g/mol. The molecule has 1 aliphatic rings. The maximum atomic E-state index is 13.3. The van der Waals surface area contributed by atoms with E-state index in [4.69, 9.17) is 4.98 Å². The fourth-order valence-corrected chi connectivity index (χ4v) is 6.71. The Morgan fingerprint density at radius 2 is 2.06 bits per heavy atom. The Morgan fingerprint density at radius 1 is 1.26 bits per heavy atom. The highest BCUT2D eigenvalue weighted by molar-refractivity contribution is 7.91. The highest BCUT2D eigenvalue weighted by Gasteiger charge is 2.32. The second-order valence-electron chi connectivity index (χ2n) is 8.45. The number of aromatic nitrogens is 3. The molecule has 34 heavy (non-hydrogen) atoms. The summed E-state index contributed by atoms with van der Waals surface area (Å²) in [5.74, 6) is -0.406. The molecule has 4 heterocycles. The van der Waals surface area contributed by atoms with Crippen molar-refractivity contribution in [1.29, 1.82) is 0 Å². The number of benzene rings is 1. The van der Waals surface area contributed by atoms with Gasteiger partial charge in [0.15, 0.2) is 15.5 Å². The summed E-state index contributed by atoms with van der Waals surface area (Å²) >= 11 is 1.52. The predicted molar refractivity (Wildman–Crippen MR) is 130 cm³/mol. The Morgan fingerprint density at radius 3 is 2.74 bits per heavy atom. The summed E-state index contributed by atoms with van der Waals surface area (Å²) in [5, 5.41) is 10.1. The van der Waals surface area contributed by atoms with Gasteiger partial charge in [0, 0.05) is 6.54 Å². The third kappa shape index (κ3) is 4.47. The number of rotatable bonds is 6. The number of sulfone groups is 1. The van der Waals surface area contributed by atoms with Crippen LogP contribution in [0, 0.1) is 12.7 Å². The standard InChI is InChI=1S/C24H23FN4O3S2/c1-15-22-19(24(30)26-10-8-16-4-6-17(25)7-5-16)13-20(21-3-2-11-33-21)27-23(22)29(28-15)18-9-12-34(31,32)14-18/h2-7,11,13,18H,8-10,12,14H2,1H3,(H,26,30). The van der Waals surface area contributed by atoms with E-state index < -0.39 is 9.84 Å². The molecule has 0 spiro atoms. The molecule has 0 radical (unpaired) electrons. The number of nitrogens with one attached hydrogen (secondary N) is 1. The lowest BCUT2D eigenvalue weighted by Crippen LogP contribution is -2.26. The molecule has 1 unspecified atom stereocenters. The van der Waals surface area contributed by atoms with Crippen LogP contribution in [0.15, 0.2) is 47.8 Å². The number of amides is 1. The smallest absolute Gasteiger partial charge is 0.252 e. The zero-order valence-electron chi connectivity index (χ0n) is 18.5. The molecule has 1 aromatic carbocycles. The molecule has 1 N–H and O–H groups in total. The highest BCUT2D eigenvalue weighted by atomic mass is 32.2. The van der Waals surface area contributed by atoms with Crippen molar-refractivity contribution in [2.45, 2.75) is 25.8 Å². The van der Waals surface area contributed by atoms with Crippen molar-refractivity contribution in [3.05, 3.63) is 70.5 Å². The summed E-state index contributed by atoms with van der Waals surface area (Å²) in [6.07, 6.45) is 1.04. The van der Waals surface area contributed by atoms with Crippen molar-refractivity contribution in [2.24, 2.45) is 0 Å². The molecule has 1 fully saturated rings. The largest absolute Gasteiger partial charge is 0.352 e. The van der Waals surface area contributed by atoms with Crippen LogP contribution >= 0.6 is 11.3 Å². The minimum atomic E-state index is -3.11. The van der Waals surface area contributed by atoms with E-state index in [9.17, 15) is 17.6 Å². The number of carbonyl (C=O) groups excluding carboxylic acids is 1. The van der Waals surface area contributed by atoms with E-state index >= 15 is 0 Å². The molecule has 3 aromatic heterocycles. The zero-order chi connectivity index (χ0) is 23.9. The minimum absolute atomic E-state index is 0.0212. The van der Waals surface area contributed by atoms with E-state index in [0.717, 1.165) is 10.4 Å². The summed E-state index contributed by atoms with van der Waals surface area (Å²) in [4.78, 5) is 19.0. The lowest BCUT2D eigenvalue weighted by molar-refractivity contribution is 0.0955. The molecule has 1 saturated heterocycles. The average molecular weight is 499 g/mol. The van der Waals surface area contributed by atoms with E-state index in [-0.39, 0.29) is 29.3 Å². The summed E-state index contributed by atoms with van der Waals surface area (Å²) in [6, 6.07) is 11.5. The van der Waals surface area contributed by atoms with Crippen LogP contribution in [0.3, 0.4) is 0 Å². The number of hydrogen-bond donors (Lipinski definition) is 1. The molecule has 1 aliphatic heterocycles. The Balaban J connectivity index is 1.51. The van der Waals surface area contributed by atoms with E-state index in [0.29, 0.717) is 47.4 Å². The number of aryl methyl sites for hydroxylation is 1. The van der Waals surface area contributed by atoms with Crippen molar-refractivity contribution in [1.82, 2.24) is 20.1 Å². The van der Waals surface area contributed by atoms with E-state index in [2.05, 4.69) is 10.4 Å². The first-order valence-corrected chi connectivity index (χ1v) is 13.7. The Hall–Kier alpha value is -3.11. The number of thiophene rings is 1. The van der Waals surface area contributed by atoms with Crippen LogP contribution in [-0.4, -0.2) is 47.1 Å². The van der Waals surface area contributed by atoms with Gasteiger partial charge in [0.2, 0.25) is 0 Å². The molecular weight excluding hydrogens is 475 g/mol. The van der Waals surface area contributed by atoms with Crippen molar-refractivity contribution in [2.75, 3.05) is 18.1 Å². The van der Waals surface area contributed by atoms with Gasteiger partial charge in [0.1, 0.15) is 5.82 Å². The fraction of sp³-hybridized carbons (Fsp3) is 0.292. The van der Waals surface area contributed by atoms with Gasteiger partial charge in [-0.3, -0.25) is 4.79 Å². The van der Waals surface area contributed by atoms with Crippen LogP contribution in [0.25, 0.3) is 21.6 Å². The lowest BCUT2D eigenvalue weighted by atomic mass is 10.1. The molecule has 4 aromatic rings. The topological polar surface area (TPSA) is 93.9 Å². The van der Waals surface area contributed by atoms with Crippen molar-refractivity contribution < 1.29 is 17.6 Å². The van der Waals surface area contributed by atoms with Crippen LogP contribution in [0.4, 0.5) is 4.39 Å². The average Bonchev–Trinajstić information content (AvgIpc) is 3.54. The second-order valence-corrected chi connectivity index (χ2v) is 11.6. The van der Waals surface area contributed by atoms with Gasteiger partial charge in [-0.2, -0.15) is 5.10 Å². The van der Waals surface area contributed by atoms with Gasteiger partial charge in [-0.15, -0.1) is 11.3 Å². The van der Waals surface area contributed by atoms with Crippen LogP contribution in [0.5, 0.6) is 0 Å². The number of halogens is 1. The predicted octanol–water partition coefficient (Wildman–Crippen LogP) is 3.94. The van der Waals surface area contributed by atoms with Crippen molar-refractivity contribution in [3.63, 3.8) is 0 Å². The van der Waals surface area contributed by atoms with Gasteiger partial charge in [0.25, 0.3) is 5.91 Å². The van der Waals surface area contributed by atoms with Crippen LogP contribution in [-0.2, 0) is 16.3 Å². The molecular formula is C24H23FN4O3S2. The Labute approximate surface area is 200 Å². The first kappa shape index (κ1) is 22.7. The molecule has 0 saturated carbocycles. The molecule has 0 bridgehead atoms. The molecule has 0 aliphatic carbocycles. The van der Waals surface area contributed by atoms with Gasteiger partial charge in [0.05, 0.1) is 44.8 Å². The number of fused-ring (bicyclic) bond motifs is 1. The van der Waals surface area contributed by atoms with Gasteiger partial charge in [-0.25, -0.2) is 22.5 Å². The summed E-state index contributed by atoms with van der Waals surface area (Å²) in [5.41, 5.74) is 3.18. The molecule has 1 amide bonds.